The maximum atomic E-state index is 14.6. The second kappa shape index (κ2) is 5.04. The van der Waals surface area contributed by atoms with Crippen LogP contribution in [0.3, 0.4) is 0 Å². The molecule has 2 heterocycles. The highest BCUT2D eigenvalue weighted by Gasteiger charge is 2.35. The van der Waals surface area contributed by atoms with Crippen molar-refractivity contribution in [2.45, 2.75) is 37.9 Å². The van der Waals surface area contributed by atoms with Gasteiger partial charge < -0.3 is 20.3 Å². The lowest BCUT2D eigenvalue weighted by molar-refractivity contribution is 0.0695. The molecule has 1 saturated heterocycles. The van der Waals surface area contributed by atoms with E-state index in [1.165, 1.54) is 6.20 Å². The zero-order chi connectivity index (χ0) is 17.2. The molecule has 6 nitrogen and oxygen atoms in total. The van der Waals surface area contributed by atoms with Gasteiger partial charge in [0.15, 0.2) is 0 Å². The Morgan fingerprint density at radius 2 is 2.08 bits per heavy atom. The van der Waals surface area contributed by atoms with Gasteiger partial charge in [0, 0.05) is 36.3 Å². The molecule has 4 rings (SSSR count). The Morgan fingerprint density at radius 3 is 2.62 bits per heavy atom. The van der Waals surface area contributed by atoms with E-state index in [0.717, 1.165) is 18.9 Å². The highest BCUT2D eigenvalue weighted by Crippen LogP contribution is 2.39. The maximum Gasteiger partial charge on any atom is 0.341 e. The normalized spacial score (nSPS) is 23.4. The highest BCUT2D eigenvalue weighted by atomic mass is 19.1. The summed E-state index contributed by atoms with van der Waals surface area (Å²) in [5.41, 5.74) is 5.92. The maximum absolute atomic E-state index is 14.6. The minimum absolute atomic E-state index is 0.000100. The van der Waals surface area contributed by atoms with Crippen molar-refractivity contribution in [2.75, 3.05) is 11.4 Å². The Labute approximate surface area is 137 Å². The highest BCUT2D eigenvalue weighted by molar-refractivity contribution is 5.93. The first-order valence-corrected chi connectivity index (χ1v) is 8.02. The fourth-order valence-electron chi connectivity index (χ4n) is 3.34. The molecular weight excluding hydrogens is 313 g/mol. The third-order valence-electron chi connectivity index (χ3n) is 5.10. The number of nitrogens with two attached hydrogens (primary N) is 1. The molecule has 1 saturated carbocycles. The topological polar surface area (TPSA) is 88.6 Å². The van der Waals surface area contributed by atoms with Crippen molar-refractivity contribution in [3.05, 3.63) is 39.9 Å². The molecule has 3 N–H and O–H groups in total. The fourth-order valence-corrected chi connectivity index (χ4v) is 3.34. The van der Waals surface area contributed by atoms with E-state index in [0.29, 0.717) is 17.7 Å². The first-order chi connectivity index (χ1) is 11.4. The van der Waals surface area contributed by atoms with E-state index >= 15 is 0 Å². The summed E-state index contributed by atoms with van der Waals surface area (Å²) in [4.78, 5) is 25.6. The van der Waals surface area contributed by atoms with E-state index < -0.39 is 17.2 Å². The SMILES string of the molecule is C[C@H]1[C@@H](N)CN1c1cc2c(cc1F)c(=O)c(C(=O)O)cn2C1CC1. The first-order valence-electron chi connectivity index (χ1n) is 8.02. The minimum Gasteiger partial charge on any atom is -0.477 e. The van der Waals surface area contributed by atoms with Gasteiger partial charge in [-0.05, 0) is 31.9 Å². The van der Waals surface area contributed by atoms with Crippen LogP contribution in [0.2, 0.25) is 0 Å². The van der Waals surface area contributed by atoms with Crippen molar-refractivity contribution < 1.29 is 14.3 Å². The van der Waals surface area contributed by atoms with Crippen LogP contribution >= 0.6 is 0 Å². The molecule has 1 aromatic heterocycles. The Hall–Kier alpha value is -2.41. The van der Waals surface area contributed by atoms with Gasteiger partial charge in [-0.15, -0.1) is 0 Å². The number of carboxylic acid groups (broad SMARTS) is 1. The average molecular weight is 331 g/mol. The summed E-state index contributed by atoms with van der Waals surface area (Å²) in [5.74, 6) is -1.81. The summed E-state index contributed by atoms with van der Waals surface area (Å²) in [7, 11) is 0. The zero-order valence-corrected chi connectivity index (χ0v) is 13.2. The van der Waals surface area contributed by atoms with Crippen molar-refractivity contribution in [1.29, 1.82) is 0 Å². The lowest BCUT2D eigenvalue weighted by Crippen LogP contribution is -2.63. The predicted octanol–water partition coefficient (Wildman–Crippen LogP) is 1.71. The number of pyridine rings is 1. The standard InChI is InChI=1S/C17H18FN3O3/c1-8-13(19)7-20(8)15-5-14-10(4-12(15)18)16(22)11(17(23)24)6-21(14)9-2-3-9/h4-6,8-9,13H,2-3,7,19H2,1H3,(H,23,24)/t8-,13-/m0/s1. The summed E-state index contributed by atoms with van der Waals surface area (Å²) in [5, 5.41) is 9.36. The molecule has 126 valence electrons. The summed E-state index contributed by atoms with van der Waals surface area (Å²) in [6.07, 6.45) is 3.24. The largest absolute Gasteiger partial charge is 0.477 e. The van der Waals surface area contributed by atoms with Gasteiger partial charge in [0.2, 0.25) is 5.43 Å². The van der Waals surface area contributed by atoms with Gasteiger partial charge >= 0.3 is 5.97 Å². The van der Waals surface area contributed by atoms with Crippen LogP contribution in [0.25, 0.3) is 10.9 Å². The van der Waals surface area contributed by atoms with Crippen LogP contribution in [0, 0.1) is 5.82 Å². The fraction of sp³-hybridized carbons (Fsp3) is 0.412. The summed E-state index contributed by atoms with van der Waals surface area (Å²) in [6.45, 7) is 2.49. The van der Waals surface area contributed by atoms with Crippen LogP contribution in [0.4, 0.5) is 10.1 Å². The van der Waals surface area contributed by atoms with E-state index in [-0.39, 0.29) is 29.1 Å². The number of carboxylic acids is 1. The van der Waals surface area contributed by atoms with Gasteiger partial charge in [-0.25, -0.2) is 9.18 Å². The Morgan fingerprint density at radius 1 is 1.38 bits per heavy atom. The number of hydrogen-bond donors (Lipinski definition) is 2. The Kier molecular flexibility index (Phi) is 3.18. The van der Waals surface area contributed by atoms with Crippen LogP contribution in [-0.2, 0) is 0 Å². The number of rotatable bonds is 3. The van der Waals surface area contributed by atoms with Crippen molar-refractivity contribution in [1.82, 2.24) is 4.57 Å². The number of carbonyl (C=O) groups is 1. The summed E-state index contributed by atoms with van der Waals surface area (Å²) >= 11 is 0. The lowest BCUT2D eigenvalue weighted by atomic mass is 9.97. The molecule has 2 atom stereocenters. The van der Waals surface area contributed by atoms with Gasteiger partial charge in [-0.3, -0.25) is 4.79 Å². The molecule has 1 aliphatic carbocycles. The van der Waals surface area contributed by atoms with Gasteiger partial charge in [0.1, 0.15) is 11.4 Å². The third kappa shape index (κ3) is 2.11. The molecule has 0 spiro atoms. The first kappa shape index (κ1) is 15.1. The molecule has 0 radical (unpaired) electrons. The van der Waals surface area contributed by atoms with Crippen LogP contribution in [0.15, 0.2) is 23.1 Å². The molecule has 7 heteroatoms. The number of nitrogens with zero attached hydrogens (tertiary/aromatic N) is 2. The Balaban J connectivity index is 1.96. The van der Waals surface area contributed by atoms with Gasteiger partial charge in [-0.1, -0.05) is 0 Å². The quantitative estimate of drug-likeness (QED) is 0.894. The average Bonchev–Trinajstić information content (AvgIpc) is 3.37. The number of anilines is 1. The molecule has 1 aliphatic heterocycles. The van der Waals surface area contributed by atoms with E-state index in [2.05, 4.69) is 0 Å². The molecule has 1 aromatic carbocycles. The summed E-state index contributed by atoms with van der Waals surface area (Å²) in [6, 6.07) is 3.00. The number of hydrogen-bond acceptors (Lipinski definition) is 4. The van der Waals surface area contributed by atoms with Crippen molar-refractivity contribution in [2.24, 2.45) is 5.73 Å². The Bertz CT molecular complexity index is 919. The van der Waals surface area contributed by atoms with Gasteiger partial charge in [0.25, 0.3) is 0 Å². The second-order valence-electron chi connectivity index (χ2n) is 6.69. The van der Waals surface area contributed by atoms with Crippen LogP contribution in [0.5, 0.6) is 0 Å². The predicted molar refractivity (Wildman–Crippen MR) is 88.2 cm³/mol. The van der Waals surface area contributed by atoms with Crippen LogP contribution < -0.4 is 16.1 Å². The minimum atomic E-state index is -1.29. The molecule has 2 aliphatic rings. The molecule has 2 aromatic rings. The number of halogens is 1. The van der Waals surface area contributed by atoms with Crippen LogP contribution in [-0.4, -0.2) is 34.3 Å². The van der Waals surface area contributed by atoms with Crippen molar-refractivity contribution in [3.8, 4) is 0 Å². The van der Waals surface area contributed by atoms with Gasteiger partial charge in [-0.2, -0.15) is 0 Å². The molecule has 24 heavy (non-hydrogen) atoms. The molecular formula is C17H18FN3O3. The molecule has 0 amide bonds. The van der Waals surface area contributed by atoms with Crippen LogP contribution in [0.1, 0.15) is 36.2 Å². The number of aromatic nitrogens is 1. The molecule has 0 bridgehead atoms. The van der Waals surface area contributed by atoms with E-state index in [1.54, 1.807) is 10.6 Å². The number of benzene rings is 1. The summed E-state index contributed by atoms with van der Waals surface area (Å²) < 4.78 is 16.4. The van der Waals surface area contributed by atoms with E-state index in [4.69, 9.17) is 5.73 Å². The molecule has 2 fully saturated rings. The van der Waals surface area contributed by atoms with Crippen molar-refractivity contribution >= 4 is 22.6 Å². The second-order valence-corrected chi connectivity index (χ2v) is 6.69. The number of fused-ring (bicyclic) bond motifs is 1. The lowest BCUT2D eigenvalue weighted by Gasteiger charge is -2.46. The van der Waals surface area contributed by atoms with Crippen molar-refractivity contribution in [3.63, 3.8) is 0 Å². The third-order valence-corrected chi connectivity index (χ3v) is 5.10. The monoisotopic (exact) mass is 331 g/mol. The smallest absolute Gasteiger partial charge is 0.341 e. The van der Waals surface area contributed by atoms with E-state index in [1.807, 2.05) is 11.8 Å². The number of aromatic carboxylic acids is 1. The zero-order valence-electron chi connectivity index (χ0n) is 13.2. The van der Waals surface area contributed by atoms with Gasteiger partial charge in [0.05, 0.1) is 11.2 Å². The molecule has 0 unspecified atom stereocenters. The van der Waals surface area contributed by atoms with E-state index in [9.17, 15) is 19.1 Å².